The molecule has 0 fully saturated rings. The van der Waals surface area contributed by atoms with Crippen molar-refractivity contribution in [2.45, 2.75) is 19.3 Å². The number of hydrogen-bond acceptors (Lipinski definition) is 1. The van der Waals surface area contributed by atoms with Crippen LogP contribution in [-0.2, 0) is 5.41 Å². The zero-order valence-electron chi connectivity index (χ0n) is 28.6. The maximum atomic E-state index is 14.4. The fraction of sp³-hybridized carbons (Fsp3) is 0.0612. The number of fused-ring (bicyclic) bond motifs is 4. The predicted molar refractivity (Wildman–Crippen MR) is 212 cm³/mol. The molecule has 0 radical (unpaired) electrons. The lowest BCUT2D eigenvalue weighted by atomic mass is 9.82. The van der Waals surface area contributed by atoms with Crippen LogP contribution < -0.4 is 4.90 Å². The molecule has 1 aliphatic carbocycles. The molecular weight excluding hydrogens is 622 g/mol. The maximum Gasteiger partial charge on any atom is 0.123 e. The fourth-order valence-electron chi connectivity index (χ4n) is 8.02. The zero-order chi connectivity index (χ0) is 34.5. The van der Waals surface area contributed by atoms with Gasteiger partial charge in [-0.1, -0.05) is 147 Å². The van der Waals surface area contributed by atoms with Crippen LogP contribution in [0, 0.1) is 5.82 Å². The third kappa shape index (κ3) is 5.32. The van der Waals surface area contributed by atoms with Gasteiger partial charge in [-0.25, -0.2) is 4.39 Å². The molecule has 0 spiro atoms. The summed E-state index contributed by atoms with van der Waals surface area (Å²) < 4.78 is 14.4. The molecule has 8 aromatic carbocycles. The maximum absolute atomic E-state index is 14.4. The molecule has 9 rings (SSSR count). The Hall–Kier alpha value is -6.25. The SMILES string of the molecule is CC1(C)c2ccccc2-c2cc(N(c3ccc(-c4cccc5cccc(-c6cccc(F)c6)c45)cc3)c3cccc(-c4ccccc4)c3)ccc21. The lowest BCUT2D eigenvalue weighted by Gasteiger charge is -2.28. The lowest BCUT2D eigenvalue weighted by Crippen LogP contribution is -2.15. The van der Waals surface area contributed by atoms with Crippen molar-refractivity contribution in [3.8, 4) is 44.5 Å². The van der Waals surface area contributed by atoms with Crippen molar-refractivity contribution in [3.63, 3.8) is 0 Å². The van der Waals surface area contributed by atoms with Gasteiger partial charge in [-0.15, -0.1) is 0 Å². The molecule has 0 bridgehead atoms. The average Bonchev–Trinajstić information content (AvgIpc) is 3.41. The first-order chi connectivity index (χ1) is 25.0. The van der Waals surface area contributed by atoms with Gasteiger partial charge in [0.05, 0.1) is 0 Å². The highest BCUT2D eigenvalue weighted by Crippen LogP contribution is 2.51. The number of rotatable bonds is 6. The van der Waals surface area contributed by atoms with Gasteiger partial charge in [0.15, 0.2) is 0 Å². The van der Waals surface area contributed by atoms with Crippen LogP contribution in [0.4, 0.5) is 21.5 Å². The molecule has 0 N–H and O–H groups in total. The Morgan fingerprint density at radius 3 is 1.76 bits per heavy atom. The standard InChI is InChI=1S/C49H36FN/c1-49(2)46-23-7-6-20-44(46)45-32-41(28-29-47(45)49)51(40-19-9-16-36(31-40)33-12-4-3-5-13-33)39-26-24-34(25-27-39)42-21-10-14-35-15-11-22-43(48(35)42)37-17-8-18-38(50)30-37/h3-32H,1-2H3. The highest BCUT2D eigenvalue weighted by Gasteiger charge is 2.35. The molecule has 0 atom stereocenters. The van der Waals surface area contributed by atoms with Crippen molar-refractivity contribution >= 4 is 27.8 Å². The van der Waals surface area contributed by atoms with E-state index < -0.39 is 0 Å². The first-order valence-electron chi connectivity index (χ1n) is 17.5. The summed E-state index contributed by atoms with van der Waals surface area (Å²) in [4.78, 5) is 2.37. The molecule has 0 saturated carbocycles. The van der Waals surface area contributed by atoms with Gasteiger partial charge in [0, 0.05) is 22.5 Å². The van der Waals surface area contributed by atoms with Gasteiger partial charge in [-0.2, -0.15) is 0 Å². The van der Waals surface area contributed by atoms with Crippen molar-refractivity contribution in [1.82, 2.24) is 0 Å². The Kier molecular flexibility index (Phi) is 7.40. The number of hydrogen-bond donors (Lipinski definition) is 0. The van der Waals surface area contributed by atoms with E-state index in [1.807, 2.05) is 12.1 Å². The van der Waals surface area contributed by atoms with Crippen LogP contribution in [0.3, 0.4) is 0 Å². The van der Waals surface area contributed by atoms with Gasteiger partial charge in [0.25, 0.3) is 0 Å². The van der Waals surface area contributed by atoms with Crippen molar-refractivity contribution in [2.24, 2.45) is 0 Å². The molecule has 1 nitrogen and oxygen atoms in total. The highest BCUT2D eigenvalue weighted by molar-refractivity contribution is 6.06. The van der Waals surface area contributed by atoms with Gasteiger partial charge in [0.2, 0.25) is 0 Å². The van der Waals surface area contributed by atoms with Gasteiger partial charge < -0.3 is 4.90 Å². The number of halogens is 1. The van der Waals surface area contributed by atoms with E-state index in [0.717, 1.165) is 50.1 Å². The van der Waals surface area contributed by atoms with Gasteiger partial charge in [-0.05, 0) is 115 Å². The molecule has 0 aromatic heterocycles. The number of nitrogens with zero attached hydrogens (tertiary/aromatic N) is 1. The van der Waals surface area contributed by atoms with Crippen LogP contribution >= 0.6 is 0 Å². The van der Waals surface area contributed by atoms with Crippen LogP contribution in [0.15, 0.2) is 182 Å². The fourth-order valence-corrected chi connectivity index (χ4v) is 8.02. The summed E-state index contributed by atoms with van der Waals surface area (Å²) in [5, 5.41) is 2.24. The highest BCUT2D eigenvalue weighted by atomic mass is 19.1. The monoisotopic (exact) mass is 657 g/mol. The molecule has 8 aromatic rings. The van der Waals surface area contributed by atoms with E-state index >= 15 is 0 Å². The predicted octanol–water partition coefficient (Wildman–Crippen LogP) is 13.8. The lowest BCUT2D eigenvalue weighted by molar-refractivity contribution is 0.628. The third-order valence-electron chi connectivity index (χ3n) is 10.5. The van der Waals surface area contributed by atoms with Gasteiger partial charge in [0.1, 0.15) is 5.82 Å². The Balaban J connectivity index is 1.19. The zero-order valence-corrected chi connectivity index (χ0v) is 28.6. The Morgan fingerprint density at radius 2 is 0.980 bits per heavy atom. The van der Waals surface area contributed by atoms with Crippen molar-refractivity contribution in [1.29, 1.82) is 0 Å². The second-order valence-corrected chi connectivity index (χ2v) is 13.9. The first-order valence-corrected chi connectivity index (χ1v) is 17.5. The van der Waals surface area contributed by atoms with Crippen molar-refractivity contribution < 1.29 is 4.39 Å². The summed E-state index contributed by atoms with van der Waals surface area (Å²) in [5.41, 5.74) is 15.0. The summed E-state index contributed by atoms with van der Waals surface area (Å²) in [6.45, 7) is 4.65. The molecule has 0 aliphatic heterocycles. The van der Waals surface area contributed by atoms with Crippen LogP contribution in [-0.4, -0.2) is 0 Å². The van der Waals surface area contributed by atoms with E-state index in [9.17, 15) is 4.39 Å². The summed E-state index contributed by atoms with van der Waals surface area (Å²) in [5.74, 6) is -0.235. The molecule has 0 amide bonds. The quantitative estimate of drug-likeness (QED) is 0.172. The minimum atomic E-state index is -0.235. The third-order valence-corrected chi connectivity index (χ3v) is 10.5. The van der Waals surface area contributed by atoms with Crippen LogP contribution in [0.25, 0.3) is 55.3 Å². The molecule has 51 heavy (non-hydrogen) atoms. The van der Waals surface area contributed by atoms with E-state index in [-0.39, 0.29) is 11.2 Å². The molecule has 244 valence electrons. The Morgan fingerprint density at radius 1 is 0.392 bits per heavy atom. The van der Waals surface area contributed by atoms with E-state index in [1.165, 1.54) is 39.4 Å². The number of anilines is 3. The minimum Gasteiger partial charge on any atom is -0.310 e. The number of benzene rings is 8. The molecular formula is C49H36FN. The molecule has 2 heteroatoms. The summed E-state index contributed by atoms with van der Waals surface area (Å²) in [6, 6.07) is 63.5. The molecule has 0 unspecified atom stereocenters. The summed E-state index contributed by atoms with van der Waals surface area (Å²) in [7, 11) is 0. The van der Waals surface area contributed by atoms with Gasteiger partial charge >= 0.3 is 0 Å². The first kappa shape index (κ1) is 30.8. The van der Waals surface area contributed by atoms with Crippen LogP contribution in [0.5, 0.6) is 0 Å². The van der Waals surface area contributed by atoms with E-state index in [2.05, 4.69) is 170 Å². The molecule has 1 aliphatic rings. The van der Waals surface area contributed by atoms with E-state index in [4.69, 9.17) is 0 Å². The molecule has 0 heterocycles. The Labute approximate surface area is 298 Å². The van der Waals surface area contributed by atoms with Gasteiger partial charge in [-0.3, -0.25) is 0 Å². The summed E-state index contributed by atoms with van der Waals surface area (Å²) >= 11 is 0. The second-order valence-electron chi connectivity index (χ2n) is 13.9. The van der Waals surface area contributed by atoms with Crippen molar-refractivity contribution in [2.75, 3.05) is 4.90 Å². The normalized spacial score (nSPS) is 12.8. The minimum absolute atomic E-state index is 0.0625. The van der Waals surface area contributed by atoms with Crippen molar-refractivity contribution in [3.05, 3.63) is 199 Å². The van der Waals surface area contributed by atoms with Crippen LogP contribution in [0.2, 0.25) is 0 Å². The van der Waals surface area contributed by atoms with Crippen LogP contribution in [0.1, 0.15) is 25.0 Å². The molecule has 0 saturated heterocycles. The largest absolute Gasteiger partial charge is 0.310 e. The smallest absolute Gasteiger partial charge is 0.123 e. The van der Waals surface area contributed by atoms with E-state index in [0.29, 0.717) is 0 Å². The summed E-state index contributed by atoms with van der Waals surface area (Å²) in [6.07, 6.45) is 0. The average molecular weight is 658 g/mol. The second kappa shape index (κ2) is 12.3. The van der Waals surface area contributed by atoms with E-state index in [1.54, 1.807) is 12.1 Å². The topological polar surface area (TPSA) is 3.24 Å². The Bertz CT molecular complexity index is 2560.